The Kier molecular flexibility index (Phi) is 5.97. The van der Waals surface area contributed by atoms with Gasteiger partial charge in [0, 0.05) is 24.3 Å². The number of benzene rings is 1. The van der Waals surface area contributed by atoms with E-state index in [4.69, 9.17) is 0 Å². The number of carbonyl (C=O) groups excluding carboxylic acids is 1. The zero-order chi connectivity index (χ0) is 15.2. The van der Waals surface area contributed by atoms with Crippen LogP contribution in [-0.2, 0) is 10.0 Å². The van der Waals surface area contributed by atoms with Crippen molar-refractivity contribution in [1.82, 2.24) is 10.0 Å². The Balaban J connectivity index is 2.64. The lowest BCUT2D eigenvalue weighted by molar-refractivity contribution is 0.0955. The van der Waals surface area contributed by atoms with Gasteiger partial charge in [-0.1, -0.05) is 0 Å². The molecular formula is C13H21N3O3S. The predicted octanol–water partition coefficient (Wildman–Crippen LogP) is 0.706. The Morgan fingerprint density at radius 2 is 2.00 bits per heavy atom. The Labute approximate surface area is 120 Å². The first-order valence-electron chi connectivity index (χ1n) is 6.43. The summed E-state index contributed by atoms with van der Waals surface area (Å²) in [5.41, 5.74) is 2.35. The molecule has 7 heteroatoms. The van der Waals surface area contributed by atoms with Gasteiger partial charge in [0.15, 0.2) is 0 Å². The molecule has 0 spiro atoms. The fraction of sp³-hybridized carbons (Fsp3) is 0.462. The highest BCUT2D eigenvalue weighted by Gasteiger charge is 2.11. The SMILES string of the molecule is CCNc1ccc(C(=O)NCCS(=O)(=O)NC)c(C)c1. The van der Waals surface area contributed by atoms with Gasteiger partial charge in [0.05, 0.1) is 5.75 Å². The lowest BCUT2D eigenvalue weighted by atomic mass is 10.1. The van der Waals surface area contributed by atoms with Gasteiger partial charge < -0.3 is 10.6 Å². The summed E-state index contributed by atoms with van der Waals surface area (Å²) in [6.07, 6.45) is 0. The molecule has 0 bridgehead atoms. The van der Waals surface area contributed by atoms with E-state index in [9.17, 15) is 13.2 Å². The van der Waals surface area contributed by atoms with Crippen LogP contribution >= 0.6 is 0 Å². The largest absolute Gasteiger partial charge is 0.385 e. The van der Waals surface area contributed by atoms with Crippen molar-refractivity contribution >= 4 is 21.6 Å². The maximum Gasteiger partial charge on any atom is 0.251 e. The number of amides is 1. The topological polar surface area (TPSA) is 87.3 Å². The molecule has 1 amide bonds. The molecule has 0 saturated carbocycles. The van der Waals surface area contributed by atoms with Crippen LogP contribution in [0.4, 0.5) is 5.69 Å². The lowest BCUT2D eigenvalue weighted by Crippen LogP contribution is -2.33. The van der Waals surface area contributed by atoms with Crippen LogP contribution < -0.4 is 15.4 Å². The van der Waals surface area contributed by atoms with Crippen molar-refractivity contribution in [3.63, 3.8) is 0 Å². The van der Waals surface area contributed by atoms with Gasteiger partial charge >= 0.3 is 0 Å². The number of rotatable bonds is 7. The molecule has 6 nitrogen and oxygen atoms in total. The lowest BCUT2D eigenvalue weighted by Gasteiger charge is -2.10. The van der Waals surface area contributed by atoms with Gasteiger partial charge in [-0.05, 0) is 44.7 Å². The summed E-state index contributed by atoms with van der Waals surface area (Å²) in [4.78, 5) is 12.0. The van der Waals surface area contributed by atoms with Crippen LogP contribution in [0.3, 0.4) is 0 Å². The van der Waals surface area contributed by atoms with Gasteiger partial charge in [-0.15, -0.1) is 0 Å². The summed E-state index contributed by atoms with van der Waals surface area (Å²) in [5, 5.41) is 5.77. The monoisotopic (exact) mass is 299 g/mol. The van der Waals surface area contributed by atoms with Gasteiger partial charge in [0.25, 0.3) is 5.91 Å². The van der Waals surface area contributed by atoms with E-state index in [1.807, 2.05) is 26.0 Å². The third kappa shape index (κ3) is 4.82. The second-order valence-corrected chi connectivity index (χ2v) is 6.38. The summed E-state index contributed by atoms with van der Waals surface area (Å²) in [6.45, 7) is 4.74. The van der Waals surface area contributed by atoms with Crippen LogP contribution in [0.15, 0.2) is 18.2 Å². The van der Waals surface area contributed by atoms with E-state index in [0.29, 0.717) is 5.56 Å². The molecule has 0 atom stereocenters. The van der Waals surface area contributed by atoms with Gasteiger partial charge in [-0.25, -0.2) is 13.1 Å². The fourth-order valence-corrected chi connectivity index (χ4v) is 2.30. The number of carbonyl (C=O) groups is 1. The van der Waals surface area contributed by atoms with Crippen LogP contribution in [0.25, 0.3) is 0 Å². The smallest absolute Gasteiger partial charge is 0.251 e. The quantitative estimate of drug-likeness (QED) is 0.692. The van der Waals surface area contributed by atoms with Crippen molar-refractivity contribution in [2.24, 2.45) is 0 Å². The minimum absolute atomic E-state index is 0.0798. The Morgan fingerprint density at radius 1 is 1.30 bits per heavy atom. The molecule has 1 aromatic rings. The van der Waals surface area contributed by atoms with Crippen LogP contribution in [0.2, 0.25) is 0 Å². The first kappa shape index (κ1) is 16.5. The molecule has 1 rings (SSSR count). The highest BCUT2D eigenvalue weighted by molar-refractivity contribution is 7.89. The van der Waals surface area contributed by atoms with Crippen molar-refractivity contribution in [3.8, 4) is 0 Å². The minimum Gasteiger partial charge on any atom is -0.385 e. The number of anilines is 1. The molecule has 0 saturated heterocycles. The first-order chi connectivity index (χ1) is 9.39. The highest BCUT2D eigenvalue weighted by atomic mass is 32.2. The number of hydrogen-bond donors (Lipinski definition) is 3. The molecule has 112 valence electrons. The summed E-state index contributed by atoms with van der Waals surface area (Å²) in [6, 6.07) is 5.45. The Bertz CT molecular complexity index is 570. The second kappa shape index (κ2) is 7.25. The van der Waals surface area contributed by atoms with E-state index in [2.05, 4.69) is 15.4 Å². The molecule has 0 fully saturated rings. The summed E-state index contributed by atoms with van der Waals surface area (Å²) < 4.78 is 24.7. The van der Waals surface area contributed by atoms with Gasteiger partial charge in [0.1, 0.15) is 0 Å². The van der Waals surface area contributed by atoms with Crippen molar-refractivity contribution in [1.29, 1.82) is 0 Å². The molecule has 1 aromatic carbocycles. The molecule has 0 unspecified atom stereocenters. The fourth-order valence-electron chi connectivity index (χ4n) is 1.73. The molecule has 0 aliphatic carbocycles. The molecule has 3 N–H and O–H groups in total. The summed E-state index contributed by atoms with van der Waals surface area (Å²) in [7, 11) is -1.95. The molecule has 0 aromatic heterocycles. The van der Waals surface area contributed by atoms with Gasteiger partial charge in [0.2, 0.25) is 10.0 Å². The van der Waals surface area contributed by atoms with Gasteiger partial charge in [-0.2, -0.15) is 0 Å². The van der Waals surface area contributed by atoms with E-state index in [-0.39, 0.29) is 18.2 Å². The van der Waals surface area contributed by atoms with Crippen molar-refractivity contribution in [2.45, 2.75) is 13.8 Å². The third-order valence-electron chi connectivity index (χ3n) is 2.82. The number of hydrogen-bond acceptors (Lipinski definition) is 4. The van der Waals surface area contributed by atoms with Gasteiger partial charge in [-0.3, -0.25) is 4.79 Å². The summed E-state index contributed by atoms with van der Waals surface area (Å²) >= 11 is 0. The number of aryl methyl sites for hydroxylation is 1. The van der Waals surface area contributed by atoms with E-state index < -0.39 is 10.0 Å². The van der Waals surface area contributed by atoms with Crippen LogP contribution in [0, 0.1) is 6.92 Å². The first-order valence-corrected chi connectivity index (χ1v) is 8.08. The molecule has 0 aliphatic heterocycles. The predicted molar refractivity (Wildman–Crippen MR) is 80.5 cm³/mol. The molecule has 0 heterocycles. The Hall–Kier alpha value is -1.60. The average Bonchev–Trinajstić information content (AvgIpc) is 2.39. The van der Waals surface area contributed by atoms with Crippen molar-refractivity contribution in [2.75, 3.05) is 31.2 Å². The normalized spacial score (nSPS) is 11.2. The Morgan fingerprint density at radius 3 is 2.55 bits per heavy atom. The maximum atomic E-state index is 12.0. The zero-order valence-electron chi connectivity index (χ0n) is 12.0. The molecular weight excluding hydrogens is 278 g/mol. The van der Waals surface area contributed by atoms with Crippen molar-refractivity contribution < 1.29 is 13.2 Å². The molecule has 0 aliphatic rings. The highest BCUT2D eigenvalue weighted by Crippen LogP contribution is 2.14. The van der Waals surface area contributed by atoms with E-state index >= 15 is 0 Å². The molecule has 0 radical (unpaired) electrons. The number of nitrogens with one attached hydrogen (secondary N) is 3. The molecule has 20 heavy (non-hydrogen) atoms. The van der Waals surface area contributed by atoms with E-state index in [1.54, 1.807) is 6.07 Å². The second-order valence-electron chi connectivity index (χ2n) is 4.34. The van der Waals surface area contributed by atoms with Crippen LogP contribution in [0.1, 0.15) is 22.8 Å². The standard InChI is InChI=1S/C13H21N3O3S/c1-4-15-11-5-6-12(10(2)9-11)13(17)16-7-8-20(18,19)14-3/h5-6,9,14-15H,4,7-8H2,1-3H3,(H,16,17). The number of sulfonamides is 1. The van der Waals surface area contributed by atoms with E-state index in [1.165, 1.54) is 7.05 Å². The average molecular weight is 299 g/mol. The maximum absolute atomic E-state index is 12.0. The van der Waals surface area contributed by atoms with Crippen LogP contribution in [0.5, 0.6) is 0 Å². The van der Waals surface area contributed by atoms with Crippen molar-refractivity contribution in [3.05, 3.63) is 29.3 Å². The summed E-state index contributed by atoms with van der Waals surface area (Å²) in [5.74, 6) is -0.402. The van der Waals surface area contributed by atoms with Crippen LogP contribution in [-0.4, -0.2) is 40.2 Å². The third-order valence-corrected chi connectivity index (χ3v) is 4.18. The zero-order valence-corrected chi connectivity index (χ0v) is 12.8. The minimum atomic E-state index is -3.30. The van der Waals surface area contributed by atoms with E-state index in [0.717, 1.165) is 17.8 Å².